The standard InChI is InChI=1S/2C20H11N3.2C8H19P.Pt/c2*1-2-17-8-10-19(11-9-17)14-15-23-16-20(21-22-23)13-12-18-6-4-3-5-7-18;2*1-3-5-7-9-8-6-4-2;/h2*3-11H,16H2;2*9H,3-8H2,1-2H3;/q;;;;+2. The zero-order valence-corrected chi connectivity index (χ0v) is 42.6. The Bertz CT molecular complexity index is 2280. The Balaban J connectivity index is 0.000000325. The molecule has 0 N–H and O–H groups in total. The van der Waals surface area contributed by atoms with E-state index in [2.05, 4.69) is 108 Å². The monoisotopic (exact) mass is 1070 g/mol. The van der Waals surface area contributed by atoms with Gasteiger partial charge in [0.2, 0.25) is 0 Å². The molecule has 6 nitrogen and oxygen atoms in total. The average molecular weight is 1070 g/mol. The Morgan fingerprint density at radius 1 is 0.431 bits per heavy atom. The zero-order valence-electron chi connectivity index (χ0n) is 38.3. The molecule has 0 amide bonds. The van der Waals surface area contributed by atoms with Crippen molar-refractivity contribution in [2.24, 2.45) is 20.6 Å². The summed E-state index contributed by atoms with van der Waals surface area (Å²) in [6, 6.07) is 39.9. The van der Waals surface area contributed by atoms with Crippen molar-refractivity contribution in [2.45, 2.75) is 79.1 Å². The summed E-state index contributed by atoms with van der Waals surface area (Å²) in [6.07, 6.45) is 31.3. The molecule has 0 saturated heterocycles. The van der Waals surface area contributed by atoms with E-state index in [1.807, 2.05) is 84.9 Å². The molecule has 2 aliphatic rings. The van der Waals surface area contributed by atoms with Crippen molar-refractivity contribution in [3.63, 3.8) is 0 Å². The number of rotatable bonds is 12. The van der Waals surface area contributed by atoms with Crippen molar-refractivity contribution in [1.82, 2.24) is 0 Å². The van der Waals surface area contributed by atoms with E-state index in [0.29, 0.717) is 24.5 Å². The maximum Gasteiger partial charge on any atom is 2.00 e. The first-order valence-corrected chi connectivity index (χ1v) is 25.1. The van der Waals surface area contributed by atoms with Gasteiger partial charge >= 0.3 is 21.1 Å². The summed E-state index contributed by atoms with van der Waals surface area (Å²) < 4.78 is 3.12. The van der Waals surface area contributed by atoms with Crippen LogP contribution in [0.2, 0.25) is 0 Å². The van der Waals surface area contributed by atoms with E-state index in [-0.39, 0.29) is 21.1 Å². The molecule has 4 aromatic carbocycles. The number of hydrogen-bond donors (Lipinski definition) is 0. The molecule has 2 heterocycles. The molecule has 9 heteroatoms. The molecule has 0 aliphatic carbocycles. The Labute approximate surface area is 409 Å². The topological polar surface area (TPSA) is 55.5 Å². The molecule has 4 aromatic rings. The number of benzene rings is 4. The maximum atomic E-state index is 7.04. The van der Waals surface area contributed by atoms with Gasteiger partial charge in [0.05, 0.1) is 10.2 Å². The summed E-state index contributed by atoms with van der Waals surface area (Å²) in [6.45, 7) is 10.0. The van der Waals surface area contributed by atoms with E-state index in [4.69, 9.17) is 12.8 Å². The molecule has 6 rings (SSSR count). The second-order valence-electron chi connectivity index (χ2n) is 14.4. The summed E-state index contributed by atoms with van der Waals surface area (Å²) >= 11 is 0. The fourth-order valence-electron chi connectivity index (χ4n) is 5.20. The van der Waals surface area contributed by atoms with Gasteiger partial charge in [0.1, 0.15) is 22.5 Å². The van der Waals surface area contributed by atoms with Crippen LogP contribution in [0.25, 0.3) is 0 Å². The average Bonchev–Trinajstić information content (AvgIpc) is 4.02. The Morgan fingerprint density at radius 3 is 1.05 bits per heavy atom. The molecule has 332 valence electrons. The van der Waals surface area contributed by atoms with Gasteiger partial charge in [-0.2, -0.15) is 0 Å². The summed E-state index contributed by atoms with van der Waals surface area (Å²) in [4.78, 5) is 0. The van der Waals surface area contributed by atoms with Crippen molar-refractivity contribution in [3.8, 4) is 59.5 Å². The van der Waals surface area contributed by atoms with E-state index in [0.717, 1.165) is 33.4 Å². The molecule has 2 aliphatic heterocycles. The van der Waals surface area contributed by atoms with E-state index < -0.39 is 0 Å². The molecule has 0 radical (unpaired) electrons. The van der Waals surface area contributed by atoms with Crippen LogP contribution >= 0.6 is 17.2 Å². The molecule has 0 unspecified atom stereocenters. The molecule has 0 atom stereocenters. The maximum absolute atomic E-state index is 7.04. The quantitative estimate of drug-likeness (QED) is 0.0446. The molecule has 0 saturated carbocycles. The van der Waals surface area contributed by atoms with Crippen LogP contribution in [0.5, 0.6) is 0 Å². The second-order valence-corrected chi connectivity index (χ2v) is 17.4. The van der Waals surface area contributed by atoms with Crippen LogP contribution in [0.15, 0.2) is 130 Å². The summed E-state index contributed by atoms with van der Waals surface area (Å²) in [7, 11) is 2.49. The summed E-state index contributed by atoms with van der Waals surface area (Å²) in [5.41, 5.74) is 6.43. The number of hydrogen-bond acceptors (Lipinski definition) is 4. The van der Waals surface area contributed by atoms with Crippen LogP contribution in [0, 0.1) is 72.3 Å². The van der Waals surface area contributed by atoms with Crippen molar-refractivity contribution in [1.29, 1.82) is 0 Å². The SMILES string of the molecule is CCCCPCCCC.CCCCPCCCC.[C-]#Cc1ccc(C#C[N+]2=NN=C(C#Cc3ccccc3)C2)cc1.[C-]#Cc1ccc(C#C[N+]2=NN=C(C#Cc3ccccc3)C2)cc1.[Pt+2]. The molecule has 0 aromatic heterocycles. The molecule has 0 spiro atoms. The predicted molar refractivity (Wildman–Crippen MR) is 271 cm³/mol. The number of nitrogens with zero attached hydrogens (tertiary/aromatic N) is 6. The van der Waals surface area contributed by atoms with E-state index >= 15 is 0 Å². The molecular formula is C56H60N6P2Pt+2. The van der Waals surface area contributed by atoms with Gasteiger partial charge in [0, 0.05) is 22.3 Å². The van der Waals surface area contributed by atoms with Crippen molar-refractivity contribution >= 4 is 28.6 Å². The third-order valence-corrected chi connectivity index (χ3v) is 11.8. The van der Waals surface area contributed by atoms with Crippen LogP contribution in [0.4, 0.5) is 0 Å². The minimum atomic E-state index is 0. The first-order valence-electron chi connectivity index (χ1n) is 22.2. The van der Waals surface area contributed by atoms with Crippen LogP contribution in [0.1, 0.15) is 112 Å². The van der Waals surface area contributed by atoms with Gasteiger partial charge in [-0.05, 0) is 98.3 Å². The molecule has 0 fully saturated rings. The first-order chi connectivity index (χ1) is 31.5. The fourth-order valence-corrected chi connectivity index (χ4v) is 8.11. The number of unbranched alkanes of at least 4 members (excludes halogenated alkanes) is 4. The van der Waals surface area contributed by atoms with Gasteiger partial charge in [0.25, 0.3) is 11.4 Å². The third-order valence-electron chi connectivity index (χ3n) is 8.94. The zero-order chi connectivity index (χ0) is 45.7. The Morgan fingerprint density at radius 2 is 0.738 bits per heavy atom. The largest absolute Gasteiger partial charge is 2.00 e. The van der Waals surface area contributed by atoms with Crippen molar-refractivity contribution < 1.29 is 30.5 Å². The predicted octanol–water partition coefficient (Wildman–Crippen LogP) is 12.2. The summed E-state index contributed by atoms with van der Waals surface area (Å²) in [5, 5.41) is 16.0. The minimum Gasteiger partial charge on any atom is -0.366 e. The minimum absolute atomic E-state index is 0. The Kier molecular flexibility index (Phi) is 31.3. The van der Waals surface area contributed by atoms with Gasteiger partial charge in [-0.25, -0.2) is 0 Å². The van der Waals surface area contributed by atoms with Gasteiger partial charge < -0.3 is 12.8 Å². The van der Waals surface area contributed by atoms with Gasteiger partial charge in [-0.3, -0.25) is 11.8 Å². The smallest absolute Gasteiger partial charge is 0.366 e. The van der Waals surface area contributed by atoms with Crippen molar-refractivity contribution in [3.05, 3.63) is 155 Å². The fraction of sp³-hybridized carbons (Fsp3) is 0.321. The van der Waals surface area contributed by atoms with Crippen LogP contribution in [-0.4, -0.2) is 58.6 Å². The van der Waals surface area contributed by atoms with E-state index in [9.17, 15) is 0 Å². The van der Waals surface area contributed by atoms with Crippen LogP contribution in [-0.2, 0) is 21.1 Å². The molecule has 65 heavy (non-hydrogen) atoms. The van der Waals surface area contributed by atoms with Gasteiger partial charge in [-0.1, -0.05) is 135 Å². The van der Waals surface area contributed by atoms with Crippen molar-refractivity contribution in [2.75, 3.05) is 37.7 Å². The van der Waals surface area contributed by atoms with Gasteiger partial charge in [0.15, 0.2) is 13.1 Å². The summed E-state index contributed by atoms with van der Waals surface area (Å²) in [5.74, 6) is 22.8. The van der Waals surface area contributed by atoms with Gasteiger partial charge in [-0.15, -0.1) is 52.6 Å². The second kappa shape index (κ2) is 36.6. The normalized spacial score (nSPS) is 11.2. The van der Waals surface area contributed by atoms with Crippen LogP contribution in [0.3, 0.4) is 0 Å². The van der Waals surface area contributed by atoms with Crippen LogP contribution < -0.4 is 0 Å². The van der Waals surface area contributed by atoms with E-state index in [1.165, 1.54) is 93.2 Å². The van der Waals surface area contributed by atoms with E-state index in [1.54, 1.807) is 33.7 Å². The third kappa shape index (κ3) is 26.0. The first kappa shape index (κ1) is 55.5. The Hall–Kier alpha value is -5.67. The molecular weight excluding hydrogens is 1010 g/mol. The molecule has 0 bridgehead atoms.